The number of amides is 1. The topological polar surface area (TPSA) is 56.8 Å². The van der Waals surface area contributed by atoms with Gasteiger partial charge >= 0.3 is 12.4 Å². The van der Waals surface area contributed by atoms with Crippen LogP contribution in [0.25, 0.3) is 0 Å². The van der Waals surface area contributed by atoms with Crippen molar-refractivity contribution in [3.8, 4) is 0 Å². The highest BCUT2D eigenvalue weighted by Gasteiger charge is 2.37. The second-order valence-electron chi connectivity index (χ2n) is 9.76. The van der Waals surface area contributed by atoms with E-state index in [9.17, 15) is 35.9 Å². The third-order valence-electron chi connectivity index (χ3n) is 6.72. The molecule has 0 aliphatic carbocycles. The fourth-order valence-electron chi connectivity index (χ4n) is 4.46. The molecule has 1 aliphatic rings. The molecule has 6 nitrogen and oxygen atoms in total. The zero-order valence-electron chi connectivity index (χ0n) is 22.4. The summed E-state index contributed by atoms with van der Waals surface area (Å²) in [5.41, 5.74) is -3.46. The third kappa shape index (κ3) is 7.53. The number of aromatic nitrogens is 1. The molecule has 1 saturated heterocycles. The summed E-state index contributed by atoms with van der Waals surface area (Å²) >= 11 is 6.25. The number of piperazine rings is 1. The van der Waals surface area contributed by atoms with Gasteiger partial charge in [0.25, 0.3) is 5.91 Å². The molecule has 3 aromatic rings. The first-order valence-electron chi connectivity index (χ1n) is 12.4. The van der Waals surface area contributed by atoms with Gasteiger partial charge in [-0.25, -0.2) is 4.98 Å². The molecule has 2 aromatic carbocycles. The van der Waals surface area contributed by atoms with E-state index in [-0.39, 0.29) is 45.7 Å². The molecular formula is C28H26Cl2F6N4O2. The monoisotopic (exact) mass is 634 g/mol. The lowest BCUT2D eigenvalue weighted by atomic mass is 9.98. The van der Waals surface area contributed by atoms with Crippen LogP contribution in [0.5, 0.6) is 0 Å². The number of ketones is 1. The van der Waals surface area contributed by atoms with Crippen molar-refractivity contribution in [1.29, 1.82) is 0 Å². The van der Waals surface area contributed by atoms with Crippen LogP contribution in [0.15, 0.2) is 54.7 Å². The van der Waals surface area contributed by atoms with Crippen LogP contribution in [0.3, 0.4) is 0 Å². The van der Waals surface area contributed by atoms with E-state index in [2.05, 4.69) is 9.88 Å². The number of halogens is 8. The van der Waals surface area contributed by atoms with E-state index in [1.54, 1.807) is 12.1 Å². The van der Waals surface area contributed by atoms with Gasteiger partial charge in [0.1, 0.15) is 5.82 Å². The molecule has 14 heteroatoms. The number of carbonyl (C=O) groups excluding carboxylic acids is 2. The lowest BCUT2D eigenvalue weighted by Crippen LogP contribution is -2.45. The van der Waals surface area contributed by atoms with Crippen LogP contribution in [-0.4, -0.2) is 66.7 Å². The van der Waals surface area contributed by atoms with Crippen molar-refractivity contribution in [3.63, 3.8) is 0 Å². The van der Waals surface area contributed by atoms with Gasteiger partial charge in [-0.15, -0.1) is 12.4 Å². The number of benzene rings is 2. The summed E-state index contributed by atoms with van der Waals surface area (Å²) in [6.45, 7) is 2.14. The van der Waals surface area contributed by atoms with E-state index in [0.29, 0.717) is 31.0 Å². The highest BCUT2D eigenvalue weighted by atomic mass is 35.5. The van der Waals surface area contributed by atoms with Crippen LogP contribution in [0.4, 0.5) is 32.2 Å². The predicted molar refractivity (Wildman–Crippen MR) is 148 cm³/mol. The first kappa shape index (κ1) is 33.2. The maximum atomic E-state index is 13.6. The predicted octanol–water partition coefficient (Wildman–Crippen LogP) is 6.45. The number of rotatable bonds is 6. The highest BCUT2D eigenvalue weighted by molar-refractivity contribution is 6.35. The Morgan fingerprint density at radius 3 is 2.00 bits per heavy atom. The molecule has 4 rings (SSSR count). The Morgan fingerprint density at radius 1 is 0.881 bits per heavy atom. The number of anilines is 1. The van der Waals surface area contributed by atoms with Gasteiger partial charge in [0.15, 0.2) is 5.78 Å². The number of hydrogen-bond acceptors (Lipinski definition) is 5. The molecule has 1 aliphatic heterocycles. The quantitative estimate of drug-likeness (QED) is 0.230. The Kier molecular flexibility index (Phi) is 10.2. The van der Waals surface area contributed by atoms with E-state index < -0.39 is 41.7 Å². The summed E-state index contributed by atoms with van der Waals surface area (Å²) in [6.07, 6.45) is -8.86. The fourth-order valence-corrected chi connectivity index (χ4v) is 4.69. The minimum Gasteiger partial charge on any atom is -0.354 e. The Balaban J connectivity index is 0.00000484. The average Bonchev–Trinajstić information content (AvgIpc) is 2.91. The molecule has 0 radical (unpaired) electrons. The zero-order valence-corrected chi connectivity index (χ0v) is 24.0. The van der Waals surface area contributed by atoms with Gasteiger partial charge in [-0.2, -0.15) is 26.3 Å². The second-order valence-corrected chi connectivity index (χ2v) is 10.2. The number of pyridine rings is 1. The van der Waals surface area contributed by atoms with Crippen molar-refractivity contribution in [2.75, 3.05) is 45.2 Å². The Hall–Kier alpha value is -3.35. The van der Waals surface area contributed by atoms with Gasteiger partial charge in [-0.3, -0.25) is 9.59 Å². The number of hydrogen-bond donors (Lipinski definition) is 0. The second kappa shape index (κ2) is 12.9. The molecule has 0 spiro atoms. The smallest absolute Gasteiger partial charge is 0.354 e. The van der Waals surface area contributed by atoms with E-state index in [4.69, 9.17) is 11.6 Å². The normalized spacial score (nSPS) is 14.4. The molecule has 0 atom stereocenters. The van der Waals surface area contributed by atoms with Crippen LogP contribution in [0.1, 0.15) is 43.0 Å². The molecular weight excluding hydrogens is 609 g/mol. The van der Waals surface area contributed by atoms with Gasteiger partial charge in [-0.1, -0.05) is 23.7 Å². The molecule has 1 amide bonds. The molecule has 2 heterocycles. The summed E-state index contributed by atoms with van der Waals surface area (Å²) in [5.74, 6) is -0.951. The SMILES string of the molecule is CN1CCN(c2cc(C(=O)c3ccccc3Cl)c(C(=O)N(C)Cc3cc(C(F)(F)F)cc(C(F)(F)F)c3)cn2)CC1.Cl. The molecule has 1 fully saturated rings. The first-order valence-corrected chi connectivity index (χ1v) is 12.8. The van der Waals surface area contributed by atoms with E-state index in [1.165, 1.54) is 31.4 Å². The molecule has 0 unspecified atom stereocenters. The van der Waals surface area contributed by atoms with E-state index >= 15 is 0 Å². The van der Waals surface area contributed by atoms with Gasteiger partial charge < -0.3 is 14.7 Å². The van der Waals surface area contributed by atoms with Gasteiger partial charge in [0.2, 0.25) is 0 Å². The van der Waals surface area contributed by atoms with Crippen molar-refractivity contribution in [2.45, 2.75) is 18.9 Å². The van der Waals surface area contributed by atoms with Gasteiger partial charge in [0, 0.05) is 57.1 Å². The first-order chi connectivity index (χ1) is 19.1. The summed E-state index contributed by atoms with van der Waals surface area (Å²) in [6, 6.07) is 8.83. The number of likely N-dealkylation sites (N-methyl/N-ethyl adjacent to an activating group) is 1. The highest BCUT2D eigenvalue weighted by Crippen LogP contribution is 2.36. The number of nitrogens with zero attached hydrogens (tertiary/aromatic N) is 4. The average molecular weight is 635 g/mol. The lowest BCUT2D eigenvalue weighted by Gasteiger charge is -2.33. The molecule has 0 bridgehead atoms. The summed E-state index contributed by atoms with van der Waals surface area (Å²) in [7, 11) is 3.19. The van der Waals surface area contributed by atoms with Crippen LogP contribution < -0.4 is 4.90 Å². The molecule has 0 saturated carbocycles. The van der Waals surface area contributed by atoms with Crippen molar-refractivity contribution < 1.29 is 35.9 Å². The van der Waals surface area contributed by atoms with Crippen LogP contribution in [0, 0.1) is 0 Å². The standard InChI is InChI=1S/C28H25ClF6N4O2.ClH/c1-37-7-9-39(10-8-37)24-14-21(25(40)20-5-3-4-6-23(20)29)22(15-36-24)26(41)38(2)16-17-11-18(27(30,31)32)13-19(12-17)28(33,34)35;/h3-6,11-15H,7-10,16H2,1-2H3;1H. The summed E-state index contributed by atoms with van der Waals surface area (Å²) < 4.78 is 80.0. The van der Waals surface area contributed by atoms with Crippen LogP contribution >= 0.6 is 24.0 Å². The third-order valence-corrected chi connectivity index (χ3v) is 7.05. The van der Waals surface area contributed by atoms with Gasteiger partial charge in [0.05, 0.1) is 21.7 Å². The molecule has 1 aromatic heterocycles. The molecule has 42 heavy (non-hydrogen) atoms. The maximum Gasteiger partial charge on any atom is 0.416 e. The van der Waals surface area contributed by atoms with Gasteiger partial charge in [-0.05, 0) is 49.0 Å². The van der Waals surface area contributed by atoms with Crippen LogP contribution in [0.2, 0.25) is 5.02 Å². The van der Waals surface area contributed by atoms with Crippen molar-refractivity contribution in [3.05, 3.63) is 93.1 Å². The fraction of sp³-hybridized carbons (Fsp3) is 0.321. The number of alkyl halides is 6. The van der Waals surface area contributed by atoms with Crippen LogP contribution in [-0.2, 0) is 18.9 Å². The Labute approximate surface area is 249 Å². The van der Waals surface area contributed by atoms with Crippen molar-refractivity contribution in [2.24, 2.45) is 0 Å². The maximum absolute atomic E-state index is 13.6. The minimum absolute atomic E-state index is 0. The molecule has 226 valence electrons. The minimum atomic E-state index is -5.03. The molecule has 0 N–H and O–H groups in total. The van der Waals surface area contributed by atoms with E-state index in [1.807, 2.05) is 11.9 Å². The Bertz CT molecular complexity index is 1420. The number of carbonyl (C=O) groups is 2. The summed E-state index contributed by atoms with van der Waals surface area (Å²) in [4.78, 5) is 36.5. The lowest BCUT2D eigenvalue weighted by molar-refractivity contribution is -0.143. The van der Waals surface area contributed by atoms with Crippen molar-refractivity contribution in [1.82, 2.24) is 14.8 Å². The van der Waals surface area contributed by atoms with Crippen molar-refractivity contribution >= 4 is 41.5 Å². The largest absolute Gasteiger partial charge is 0.416 e. The van der Waals surface area contributed by atoms with E-state index in [0.717, 1.165) is 18.0 Å². The Morgan fingerprint density at radius 2 is 1.45 bits per heavy atom. The zero-order chi connectivity index (χ0) is 30.1. The summed E-state index contributed by atoms with van der Waals surface area (Å²) in [5, 5.41) is 0.144.